The summed E-state index contributed by atoms with van der Waals surface area (Å²) in [4.78, 5) is 2.50. The van der Waals surface area contributed by atoms with E-state index in [1.54, 1.807) is 0 Å². The molecule has 0 amide bonds. The lowest BCUT2D eigenvalue weighted by Crippen LogP contribution is -2.43. The summed E-state index contributed by atoms with van der Waals surface area (Å²) in [7, 11) is 0. The Morgan fingerprint density at radius 2 is 2.25 bits per heavy atom. The highest BCUT2D eigenvalue weighted by Gasteiger charge is 2.23. The van der Waals surface area contributed by atoms with Crippen LogP contribution in [0.3, 0.4) is 0 Å². The van der Waals surface area contributed by atoms with Gasteiger partial charge in [-0.3, -0.25) is 4.90 Å². The molecule has 0 saturated carbocycles. The Morgan fingerprint density at radius 1 is 1.50 bits per heavy atom. The van der Waals surface area contributed by atoms with Crippen LogP contribution in [0.1, 0.15) is 19.8 Å². The summed E-state index contributed by atoms with van der Waals surface area (Å²) in [5.74, 6) is 0.532. The number of nitrogens with zero attached hydrogens (tertiary/aromatic N) is 1. The van der Waals surface area contributed by atoms with Crippen molar-refractivity contribution in [2.24, 2.45) is 5.92 Å². The number of likely N-dealkylation sites (tertiary alicyclic amines) is 1. The van der Waals surface area contributed by atoms with Crippen LogP contribution in [0.5, 0.6) is 0 Å². The number of hydrogen-bond acceptors (Lipinski definition) is 2. The Morgan fingerprint density at radius 3 is 2.83 bits per heavy atom. The van der Waals surface area contributed by atoms with Gasteiger partial charge in [0, 0.05) is 30.2 Å². The van der Waals surface area contributed by atoms with Gasteiger partial charge in [0.2, 0.25) is 0 Å². The van der Waals surface area contributed by atoms with E-state index in [0.29, 0.717) is 12.5 Å². The average molecular weight is 283 g/mol. The van der Waals surface area contributed by atoms with Crippen molar-refractivity contribution in [1.82, 2.24) is 4.90 Å². The van der Waals surface area contributed by atoms with E-state index in [1.165, 1.54) is 23.8 Å². The van der Waals surface area contributed by atoms with Gasteiger partial charge in [-0.15, -0.1) is 0 Å². The van der Waals surface area contributed by atoms with Crippen molar-refractivity contribution in [3.63, 3.8) is 0 Å². The molecule has 1 heterocycles. The minimum Gasteiger partial charge on any atom is -0.396 e. The molecule has 1 aliphatic rings. The first-order chi connectivity index (χ1) is 5.77. The lowest BCUT2D eigenvalue weighted by Gasteiger charge is -2.36. The number of aliphatic hydroxyl groups is 1. The molecule has 0 bridgehead atoms. The Hall–Kier alpha value is 0.650. The fourth-order valence-corrected chi connectivity index (χ4v) is 2.45. The molecular formula is C9H18INO. The van der Waals surface area contributed by atoms with Crippen molar-refractivity contribution in [3.05, 3.63) is 0 Å². The largest absolute Gasteiger partial charge is 0.396 e. The standard InChI is InChI=1S/C9H18INO/c1-8-2-3-9(7-12)6-11(8)5-4-10/h8-9,12H,2-7H2,1H3. The highest BCUT2D eigenvalue weighted by atomic mass is 127. The van der Waals surface area contributed by atoms with Crippen LogP contribution < -0.4 is 0 Å². The molecule has 12 heavy (non-hydrogen) atoms. The van der Waals surface area contributed by atoms with Crippen molar-refractivity contribution >= 4 is 22.6 Å². The Kier molecular flexibility index (Phi) is 4.82. The highest BCUT2D eigenvalue weighted by Crippen LogP contribution is 2.21. The molecular weight excluding hydrogens is 265 g/mol. The fraction of sp³-hybridized carbons (Fsp3) is 1.00. The van der Waals surface area contributed by atoms with E-state index in [4.69, 9.17) is 5.11 Å². The van der Waals surface area contributed by atoms with Crippen molar-refractivity contribution in [2.45, 2.75) is 25.8 Å². The predicted octanol–water partition coefficient (Wildman–Crippen LogP) is 1.51. The third-order valence-electron chi connectivity index (χ3n) is 2.74. The molecule has 1 N–H and O–H groups in total. The van der Waals surface area contributed by atoms with Gasteiger partial charge >= 0.3 is 0 Å². The van der Waals surface area contributed by atoms with Crippen LogP contribution in [-0.2, 0) is 0 Å². The van der Waals surface area contributed by atoms with E-state index < -0.39 is 0 Å². The van der Waals surface area contributed by atoms with E-state index >= 15 is 0 Å². The van der Waals surface area contributed by atoms with Gasteiger partial charge in [0.25, 0.3) is 0 Å². The SMILES string of the molecule is CC1CCC(CO)CN1CCI. The van der Waals surface area contributed by atoms with Crippen LogP contribution in [0.4, 0.5) is 0 Å². The molecule has 3 heteroatoms. The summed E-state index contributed by atoms with van der Waals surface area (Å²) in [6, 6.07) is 0.725. The maximum absolute atomic E-state index is 9.03. The first kappa shape index (κ1) is 10.7. The van der Waals surface area contributed by atoms with Crippen LogP contribution in [0.15, 0.2) is 0 Å². The summed E-state index contributed by atoms with van der Waals surface area (Å²) >= 11 is 2.41. The van der Waals surface area contributed by atoms with Crippen LogP contribution in [0.2, 0.25) is 0 Å². The zero-order valence-electron chi connectivity index (χ0n) is 7.67. The van der Waals surface area contributed by atoms with Crippen molar-refractivity contribution in [3.8, 4) is 0 Å². The molecule has 2 nitrogen and oxygen atoms in total. The monoisotopic (exact) mass is 283 g/mol. The van der Waals surface area contributed by atoms with Crippen LogP contribution in [0, 0.1) is 5.92 Å². The first-order valence-corrected chi connectivity index (χ1v) is 6.21. The number of halogens is 1. The minimum atomic E-state index is 0.366. The molecule has 72 valence electrons. The smallest absolute Gasteiger partial charge is 0.0471 e. The summed E-state index contributed by atoms with van der Waals surface area (Å²) in [5, 5.41) is 9.03. The summed E-state index contributed by atoms with van der Waals surface area (Å²) < 4.78 is 1.19. The van der Waals surface area contributed by atoms with E-state index in [0.717, 1.165) is 12.6 Å². The second-order valence-corrected chi connectivity index (χ2v) is 4.74. The number of hydrogen-bond donors (Lipinski definition) is 1. The Labute approximate surface area is 88.5 Å². The molecule has 0 radical (unpaired) electrons. The molecule has 2 atom stereocenters. The maximum Gasteiger partial charge on any atom is 0.0471 e. The summed E-state index contributed by atoms with van der Waals surface area (Å²) in [6.45, 7) is 4.93. The minimum absolute atomic E-state index is 0.366. The van der Waals surface area contributed by atoms with Gasteiger partial charge in [0.05, 0.1) is 0 Å². The number of rotatable bonds is 3. The molecule has 0 aliphatic carbocycles. The molecule has 1 fully saturated rings. The van der Waals surface area contributed by atoms with Gasteiger partial charge in [-0.1, -0.05) is 22.6 Å². The third-order valence-corrected chi connectivity index (χ3v) is 3.22. The van der Waals surface area contributed by atoms with Crippen LogP contribution >= 0.6 is 22.6 Å². The Bertz CT molecular complexity index is 132. The maximum atomic E-state index is 9.03. The lowest BCUT2D eigenvalue weighted by molar-refractivity contribution is 0.0887. The van der Waals surface area contributed by atoms with Gasteiger partial charge in [0.1, 0.15) is 0 Å². The number of aliphatic hydroxyl groups excluding tert-OH is 1. The Balaban J connectivity index is 2.36. The highest BCUT2D eigenvalue weighted by molar-refractivity contribution is 14.1. The molecule has 0 aromatic rings. The first-order valence-electron chi connectivity index (χ1n) is 4.68. The van der Waals surface area contributed by atoms with E-state index in [-0.39, 0.29) is 0 Å². The molecule has 0 aromatic heterocycles. The quantitative estimate of drug-likeness (QED) is 0.627. The van der Waals surface area contributed by atoms with Crippen LogP contribution in [-0.4, -0.2) is 40.2 Å². The second-order valence-electron chi connectivity index (χ2n) is 3.66. The van der Waals surface area contributed by atoms with Gasteiger partial charge in [-0.05, 0) is 25.7 Å². The summed E-state index contributed by atoms with van der Waals surface area (Å²) in [6.07, 6.45) is 2.46. The number of alkyl halides is 1. The molecule has 1 rings (SSSR count). The zero-order chi connectivity index (χ0) is 8.97. The van der Waals surface area contributed by atoms with Crippen molar-refractivity contribution < 1.29 is 5.11 Å². The van der Waals surface area contributed by atoms with Gasteiger partial charge < -0.3 is 5.11 Å². The van der Waals surface area contributed by atoms with Gasteiger partial charge in [-0.25, -0.2) is 0 Å². The number of piperidine rings is 1. The van der Waals surface area contributed by atoms with E-state index in [1.807, 2.05) is 0 Å². The van der Waals surface area contributed by atoms with Crippen molar-refractivity contribution in [2.75, 3.05) is 24.1 Å². The van der Waals surface area contributed by atoms with Gasteiger partial charge in [-0.2, -0.15) is 0 Å². The zero-order valence-corrected chi connectivity index (χ0v) is 9.83. The molecule has 0 spiro atoms. The van der Waals surface area contributed by atoms with E-state index in [9.17, 15) is 0 Å². The predicted molar refractivity (Wildman–Crippen MR) is 59.7 cm³/mol. The second kappa shape index (κ2) is 5.40. The third kappa shape index (κ3) is 2.85. The fourth-order valence-electron chi connectivity index (χ4n) is 1.83. The molecule has 1 saturated heterocycles. The topological polar surface area (TPSA) is 23.5 Å². The van der Waals surface area contributed by atoms with E-state index in [2.05, 4.69) is 34.4 Å². The average Bonchev–Trinajstić information content (AvgIpc) is 2.09. The van der Waals surface area contributed by atoms with Crippen LogP contribution in [0.25, 0.3) is 0 Å². The molecule has 1 aliphatic heterocycles. The lowest BCUT2D eigenvalue weighted by atomic mass is 9.94. The van der Waals surface area contributed by atoms with Crippen molar-refractivity contribution in [1.29, 1.82) is 0 Å². The normalized spacial score (nSPS) is 32.2. The molecule has 0 aromatic carbocycles. The van der Waals surface area contributed by atoms with Gasteiger partial charge in [0.15, 0.2) is 0 Å². The summed E-state index contributed by atoms with van der Waals surface area (Å²) in [5.41, 5.74) is 0. The molecule has 2 unspecified atom stereocenters.